The zero-order valence-electron chi connectivity index (χ0n) is 14.9. The number of amides is 1. The van der Waals surface area contributed by atoms with Crippen LogP contribution in [0.2, 0.25) is 5.02 Å². The standard InChI is InChI=1S/C19H24ClNO5/c1-24-18(23)19(6-3-2-4-7-19)21-16(22)12-13-10-14(20)17-15(11-13)25-8-5-9-26-17/h10-11H,2-9,12H2,1H3,(H,21,22). The quantitative estimate of drug-likeness (QED) is 0.811. The number of methoxy groups -OCH3 is 1. The maximum atomic E-state index is 12.6. The van der Waals surface area contributed by atoms with Gasteiger partial charge in [-0.1, -0.05) is 30.9 Å². The Morgan fingerprint density at radius 1 is 1.15 bits per heavy atom. The van der Waals surface area contributed by atoms with E-state index >= 15 is 0 Å². The van der Waals surface area contributed by atoms with Crippen molar-refractivity contribution in [3.8, 4) is 11.5 Å². The molecule has 1 heterocycles. The molecule has 1 aliphatic heterocycles. The van der Waals surface area contributed by atoms with Gasteiger partial charge in [-0.2, -0.15) is 0 Å². The number of fused-ring (bicyclic) bond motifs is 1. The minimum absolute atomic E-state index is 0.106. The Morgan fingerprint density at radius 2 is 1.88 bits per heavy atom. The third-order valence-corrected chi connectivity index (χ3v) is 5.17. The SMILES string of the molecule is COC(=O)C1(NC(=O)Cc2cc(Cl)c3c(c2)OCCCO3)CCCCC1. The van der Waals surface area contributed by atoms with Crippen molar-refractivity contribution in [3.63, 3.8) is 0 Å². The van der Waals surface area contributed by atoms with Crippen molar-refractivity contribution in [1.82, 2.24) is 5.32 Å². The van der Waals surface area contributed by atoms with Crippen molar-refractivity contribution in [2.24, 2.45) is 0 Å². The predicted molar refractivity (Wildman–Crippen MR) is 96.7 cm³/mol. The number of carbonyl (C=O) groups excluding carboxylic acids is 2. The van der Waals surface area contributed by atoms with E-state index in [1.807, 2.05) is 0 Å². The first-order valence-electron chi connectivity index (χ1n) is 9.01. The largest absolute Gasteiger partial charge is 0.489 e. The average Bonchev–Trinajstić information content (AvgIpc) is 2.87. The summed E-state index contributed by atoms with van der Waals surface area (Å²) in [6, 6.07) is 3.48. The molecule has 0 atom stereocenters. The summed E-state index contributed by atoms with van der Waals surface area (Å²) in [5, 5.41) is 3.34. The number of halogens is 1. The Labute approximate surface area is 158 Å². The van der Waals surface area contributed by atoms with Gasteiger partial charge in [0.1, 0.15) is 5.54 Å². The lowest BCUT2D eigenvalue weighted by atomic mass is 9.81. The normalized spacial score (nSPS) is 18.5. The Hall–Kier alpha value is -1.95. The van der Waals surface area contributed by atoms with Gasteiger partial charge < -0.3 is 19.5 Å². The van der Waals surface area contributed by atoms with Crippen LogP contribution < -0.4 is 14.8 Å². The smallest absolute Gasteiger partial charge is 0.331 e. The number of ether oxygens (including phenoxy) is 3. The first kappa shape index (κ1) is 18.8. The number of nitrogens with one attached hydrogen (secondary N) is 1. The van der Waals surface area contributed by atoms with Crippen LogP contribution in [0.3, 0.4) is 0 Å². The van der Waals surface area contributed by atoms with Crippen LogP contribution in [-0.2, 0) is 20.7 Å². The molecule has 1 fully saturated rings. The van der Waals surface area contributed by atoms with E-state index in [-0.39, 0.29) is 18.3 Å². The molecular weight excluding hydrogens is 358 g/mol. The number of hydrogen-bond acceptors (Lipinski definition) is 5. The highest BCUT2D eigenvalue weighted by atomic mass is 35.5. The van der Waals surface area contributed by atoms with E-state index in [1.165, 1.54) is 7.11 Å². The van der Waals surface area contributed by atoms with Crippen LogP contribution in [0.15, 0.2) is 12.1 Å². The zero-order chi connectivity index (χ0) is 18.6. The topological polar surface area (TPSA) is 73.9 Å². The second-order valence-corrected chi connectivity index (χ2v) is 7.22. The Morgan fingerprint density at radius 3 is 2.62 bits per heavy atom. The van der Waals surface area contributed by atoms with Gasteiger partial charge in [0, 0.05) is 6.42 Å². The zero-order valence-corrected chi connectivity index (χ0v) is 15.7. The Balaban J connectivity index is 1.74. The van der Waals surface area contributed by atoms with Gasteiger partial charge in [0.2, 0.25) is 5.91 Å². The van der Waals surface area contributed by atoms with E-state index in [9.17, 15) is 9.59 Å². The molecule has 1 saturated carbocycles. The molecule has 1 aliphatic carbocycles. The summed E-state index contributed by atoms with van der Waals surface area (Å²) in [7, 11) is 1.36. The molecule has 0 unspecified atom stereocenters. The molecule has 3 rings (SSSR count). The maximum absolute atomic E-state index is 12.6. The molecule has 26 heavy (non-hydrogen) atoms. The lowest BCUT2D eigenvalue weighted by molar-refractivity contribution is -0.152. The van der Waals surface area contributed by atoms with Gasteiger partial charge in [-0.3, -0.25) is 4.79 Å². The van der Waals surface area contributed by atoms with Crippen LogP contribution in [0.4, 0.5) is 0 Å². The summed E-state index contributed by atoms with van der Waals surface area (Å²) in [6.45, 7) is 1.10. The molecule has 142 valence electrons. The van der Waals surface area contributed by atoms with E-state index in [4.69, 9.17) is 25.8 Å². The van der Waals surface area contributed by atoms with Gasteiger partial charge >= 0.3 is 5.97 Å². The van der Waals surface area contributed by atoms with Crippen LogP contribution in [0.25, 0.3) is 0 Å². The molecule has 2 aliphatic rings. The van der Waals surface area contributed by atoms with Crippen LogP contribution in [0.1, 0.15) is 44.1 Å². The van der Waals surface area contributed by atoms with Crippen LogP contribution in [0, 0.1) is 0 Å². The highest BCUT2D eigenvalue weighted by Gasteiger charge is 2.41. The molecule has 0 radical (unpaired) electrons. The van der Waals surface area contributed by atoms with Gasteiger partial charge in [-0.25, -0.2) is 4.79 Å². The minimum Gasteiger partial charge on any atom is -0.489 e. The average molecular weight is 382 g/mol. The minimum atomic E-state index is -0.917. The van der Waals surface area contributed by atoms with Gasteiger partial charge in [0.25, 0.3) is 0 Å². The lowest BCUT2D eigenvalue weighted by Crippen LogP contribution is -2.56. The predicted octanol–water partition coefficient (Wildman–Crippen LogP) is 3.04. The van der Waals surface area contributed by atoms with Crippen molar-refractivity contribution in [2.75, 3.05) is 20.3 Å². The molecular formula is C19H24ClNO5. The third kappa shape index (κ3) is 4.06. The van der Waals surface area contributed by atoms with Gasteiger partial charge in [-0.15, -0.1) is 0 Å². The fourth-order valence-electron chi connectivity index (χ4n) is 3.61. The summed E-state index contributed by atoms with van der Waals surface area (Å²) >= 11 is 6.28. The van der Waals surface area contributed by atoms with Crippen LogP contribution in [0.5, 0.6) is 11.5 Å². The highest BCUT2D eigenvalue weighted by molar-refractivity contribution is 6.32. The first-order valence-corrected chi connectivity index (χ1v) is 9.39. The number of esters is 1. The monoisotopic (exact) mass is 381 g/mol. The second kappa shape index (κ2) is 8.16. The summed E-state index contributed by atoms with van der Waals surface area (Å²) in [6.07, 6.45) is 4.95. The number of hydrogen-bond donors (Lipinski definition) is 1. The number of benzene rings is 1. The van der Waals surface area contributed by atoms with E-state index in [0.29, 0.717) is 48.1 Å². The van der Waals surface area contributed by atoms with E-state index in [0.717, 1.165) is 25.7 Å². The van der Waals surface area contributed by atoms with Crippen molar-refractivity contribution >= 4 is 23.5 Å². The van der Waals surface area contributed by atoms with E-state index in [1.54, 1.807) is 12.1 Å². The molecule has 0 aromatic heterocycles. The Bertz CT molecular complexity index is 685. The summed E-state index contributed by atoms with van der Waals surface area (Å²) in [5.41, 5.74) is -0.202. The molecule has 0 bridgehead atoms. The molecule has 1 aromatic rings. The molecule has 7 heteroatoms. The van der Waals surface area contributed by atoms with E-state index in [2.05, 4.69) is 5.32 Å². The molecule has 6 nitrogen and oxygen atoms in total. The van der Waals surface area contributed by atoms with Gasteiger partial charge in [0.15, 0.2) is 11.5 Å². The fraction of sp³-hybridized carbons (Fsp3) is 0.579. The molecule has 0 saturated heterocycles. The maximum Gasteiger partial charge on any atom is 0.331 e. The van der Waals surface area contributed by atoms with Crippen LogP contribution >= 0.6 is 11.6 Å². The fourth-order valence-corrected chi connectivity index (χ4v) is 3.90. The molecule has 1 amide bonds. The lowest BCUT2D eigenvalue weighted by Gasteiger charge is -2.35. The Kier molecular flexibility index (Phi) is 5.91. The van der Waals surface area contributed by atoms with Crippen molar-refractivity contribution < 1.29 is 23.8 Å². The van der Waals surface area contributed by atoms with Crippen molar-refractivity contribution in [3.05, 3.63) is 22.7 Å². The summed E-state index contributed by atoms with van der Waals surface area (Å²) in [5.74, 6) is 0.467. The third-order valence-electron chi connectivity index (χ3n) is 4.89. The van der Waals surface area contributed by atoms with Gasteiger partial charge in [0.05, 0.1) is 31.8 Å². The summed E-state index contributed by atoms with van der Waals surface area (Å²) in [4.78, 5) is 24.9. The second-order valence-electron chi connectivity index (χ2n) is 6.81. The van der Waals surface area contributed by atoms with Crippen molar-refractivity contribution in [1.29, 1.82) is 0 Å². The molecule has 1 N–H and O–H groups in total. The first-order chi connectivity index (χ1) is 12.5. The van der Waals surface area contributed by atoms with Crippen LogP contribution in [-0.4, -0.2) is 37.7 Å². The number of carbonyl (C=O) groups is 2. The van der Waals surface area contributed by atoms with E-state index < -0.39 is 5.54 Å². The highest BCUT2D eigenvalue weighted by Crippen LogP contribution is 2.38. The van der Waals surface area contributed by atoms with Gasteiger partial charge in [-0.05, 0) is 30.5 Å². The molecule has 0 spiro atoms. The summed E-state index contributed by atoms with van der Waals surface area (Å²) < 4.78 is 16.2. The van der Waals surface area contributed by atoms with Crippen molar-refractivity contribution in [2.45, 2.75) is 50.5 Å². The molecule has 1 aromatic carbocycles. The number of rotatable bonds is 4.